The zero-order chi connectivity index (χ0) is 59.4. The minimum Gasteiger partial charge on any atom is -0.492 e. The monoisotopic (exact) mass is 1170 g/mol. The van der Waals surface area contributed by atoms with Gasteiger partial charge >= 0.3 is 0 Å². The van der Waals surface area contributed by atoms with Gasteiger partial charge in [-0.2, -0.15) is 0 Å². The molecule has 1 aromatic heterocycles. The number of hydrogen-bond acceptors (Lipinski definition) is 8. The van der Waals surface area contributed by atoms with Crippen LogP contribution in [0.3, 0.4) is 0 Å². The number of methoxy groups -OCH3 is 2. The Bertz CT molecular complexity index is 4680. The molecule has 0 atom stereocenters. The maximum Gasteiger partial charge on any atom is 0.219 e. The summed E-state index contributed by atoms with van der Waals surface area (Å²) in [6.45, 7) is 6.52. The molecule has 9 heteroatoms. The van der Waals surface area contributed by atoms with Crippen molar-refractivity contribution in [2.75, 3.05) is 14.2 Å². The molecule has 427 valence electrons. The first kappa shape index (κ1) is 56.4. The first-order valence-corrected chi connectivity index (χ1v) is 30.5. The van der Waals surface area contributed by atoms with Crippen molar-refractivity contribution >= 4 is 66.5 Å². The average molecular weight is 1180 g/mol. The molecule has 0 aliphatic rings. The number of pyridine rings is 1. The maximum absolute atomic E-state index is 7.91. The molecule has 87 heavy (non-hydrogen) atoms. The molecule has 12 aromatic carbocycles. The molecule has 0 aliphatic heterocycles. The number of nitrogens with zero attached hydrogens (tertiary/aromatic N) is 1. The summed E-state index contributed by atoms with van der Waals surface area (Å²) in [6, 6.07) is 77.8. The van der Waals surface area contributed by atoms with E-state index < -0.39 is 0 Å². The van der Waals surface area contributed by atoms with Gasteiger partial charge in [0.15, 0.2) is 11.5 Å². The fourth-order valence-electron chi connectivity index (χ4n) is 11.8. The number of rotatable bonds is 19. The molecule has 1 heterocycles. The summed E-state index contributed by atoms with van der Waals surface area (Å²) in [5.74, 6) is 4.29. The number of aromatic nitrogens is 1. The van der Waals surface area contributed by atoms with Gasteiger partial charge < -0.3 is 28.4 Å². The Labute approximate surface area is 516 Å². The molecule has 0 fully saturated rings. The first-order chi connectivity index (χ1) is 42.8. The summed E-state index contributed by atoms with van der Waals surface area (Å²) in [4.78, 5) is 6.45. The van der Waals surface area contributed by atoms with Gasteiger partial charge in [-0.3, -0.25) is 4.98 Å². The molecule has 0 saturated heterocycles. The molecule has 0 N–H and O–H groups in total. The number of hydrogen-bond donors (Lipinski definition) is 0. The molecular weight excluding hydrogens is 1110 g/mol. The van der Waals surface area contributed by atoms with Crippen LogP contribution in [-0.4, -0.2) is 19.2 Å². The van der Waals surface area contributed by atoms with Crippen LogP contribution in [0.4, 0.5) is 0 Å². The van der Waals surface area contributed by atoms with Gasteiger partial charge in [0, 0.05) is 66.1 Å². The number of ether oxygens (including phenoxy) is 6. The molecule has 0 saturated carbocycles. The van der Waals surface area contributed by atoms with Gasteiger partial charge in [-0.15, -0.1) is 0 Å². The van der Waals surface area contributed by atoms with Gasteiger partial charge in [-0.1, -0.05) is 207 Å². The predicted octanol–water partition coefficient (Wildman–Crippen LogP) is 22.8. The second kappa shape index (κ2) is 25.1. The van der Waals surface area contributed by atoms with Crippen LogP contribution in [0.5, 0.6) is 57.5 Å². The molecule has 0 amide bonds. The van der Waals surface area contributed by atoms with Crippen LogP contribution in [0.25, 0.3) is 76.5 Å². The van der Waals surface area contributed by atoms with E-state index in [2.05, 4.69) is 148 Å². The Morgan fingerprint density at radius 1 is 0.460 bits per heavy atom. The molecule has 7 nitrogen and oxygen atoms in total. The Hall–Kier alpha value is -9.73. The quantitative estimate of drug-likeness (QED) is 0.0742. The maximum atomic E-state index is 7.91. The van der Waals surface area contributed by atoms with Gasteiger partial charge in [0.2, 0.25) is 17.2 Å². The molecule has 13 aromatic rings. The normalized spacial score (nSPS) is 11.3. The standard InChI is InChI=1S/C78H61ClNO6S/c1-6-7-9-27-54-46-64(53-23-10-8-11-24-53)73(62-35-18-16-31-58(54)62)85-77-75(82-5)69(84-67-38-21-29-52-26-13-15-33-60(52)67)47-68(81-4)76(77)86-74-63-36-19-17-34-61(63)71(55-30-22-45-80-48-55)72(78(74)87-57-42-40-56(79)41-43-57)70-49(2)39-44-65(50(70)3)83-66-37-20-28-51-25-12-14-32-59(51)66/h8,10-26,28-46,48H,6-7,9,27H2,1-5H3. The highest BCUT2D eigenvalue weighted by Gasteiger charge is 2.33. The van der Waals surface area contributed by atoms with E-state index >= 15 is 0 Å². The van der Waals surface area contributed by atoms with E-state index in [4.69, 9.17) is 45.0 Å². The van der Waals surface area contributed by atoms with Crippen molar-refractivity contribution in [3.05, 3.63) is 259 Å². The summed E-state index contributed by atoms with van der Waals surface area (Å²) in [5.41, 5.74) is 8.81. The lowest BCUT2D eigenvalue weighted by Gasteiger charge is -2.27. The second-order valence-electron chi connectivity index (χ2n) is 21.5. The van der Waals surface area contributed by atoms with Crippen molar-refractivity contribution < 1.29 is 28.4 Å². The molecule has 13 rings (SSSR count). The molecular formula is C78H61ClNO6S. The Kier molecular flexibility index (Phi) is 16.3. The minimum absolute atomic E-state index is 0.208. The predicted molar refractivity (Wildman–Crippen MR) is 357 cm³/mol. The third-order valence-corrected chi connectivity index (χ3v) is 17.4. The van der Waals surface area contributed by atoms with Gasteiger partial charge in [0.05, 0.1) is 25.2 Å². The fourth-order valence-corrected chi connectivity index (χ4v) is 13.0. The van der Waals surface area contributed by atoms with Crippen molar-refractivity contribution in [3.8, 4) is 90.9 Å². The van der Waals surface area contributed by atoms with Crippen LogP contribution in [0.15, 0.2) is 241 Å². The summed E-state index contributed by atoms with van der Waals surface area (Å²) < 4.78 is 42.9. The summed E-state index contributed by atoms with van der Waals surface area (Å²) in [5, 5.41) is 8.37. The smallest absolute Gasteiger partial charge is 0.219 e. The summed E-state index contributed by atoms with van der Waals surface area (Å²) in [6.07, 6.45) is 7.91. The van der Waals surface area contributed by atoms with E-state index in [0.717, 1.165) is 129 Å². The Balaban J connectivity index is 1.11. The van der Waals surface area contributed by atoms with Gasteiger partial charge in [-0.05, 0) is 131 Å². The van der Waals surface area contributed by atoms with Crippen LogP contribution < -0.4 is 28.4 Å². The number of halogens is 1. The van der Waals surface area contributed by atoms with Crippen molar-refractivity contribution in [3.63, 3.8) is 0 Å². The van der Waals surface area contributed by atoms with Crippen LogP contribution in [0.1, 0.15) is 42.9 Å². The van der Waals surface area contributed by atoms with Crippen LogP contribution in [0, 0.1) is 19.9 Å². The highest BCUT2D eigenvalue weighted by molar-refractivity contribution is 7.99. The molecule has 0 unspecified atom stereocenters. The Morgan fingerprint density at radius 3 is 1.74 bits per heavy atom. The topological polar surface area (TPSA) is 68.3 Å². The lowest BCUT2D eigenvalue weighted by Crippen LogP contribution is -2.04. The summed E-state index contributed by atoms with van der Waals surface area (Å²) in [7, 11) is 3.23. The second-order valence-corrected chi connectivity index (χ2v) is 23.0. The van der Waals surface area contributed by atoms with Crippen molar-refractivity contribution in [2.24, 2.45) is 0 Å². The molecule has 0 bridgehead atoms. The van der Waals surface area contributed by atoms with E-state index in [-0.39, 0.29) is 28.7 Å². The summed E-state index contributed by atoms with van der Waals surface area (Å²) >= 11 is 8.25. The lowest BCUT2D eigenvalue weighted by molar-refractivity contribution is 0.323. The number of fused-ring (bicyclic) bond motifs is 4. The fraction of sp³-hybridized carbons (Fsp3) is 0.115. The number of aryl methyl sites for hydroxylation is 2. The number of benzene rings is 12. The van der Waals surface area contributed by atoms with Crippen molar-refractivity contribution in [2.45, 2.75) is 56.2 Å². The van der Waals surface area contributed by atoms with E-state index in [1.54, 1.807) is 32.2 Å². The first-order valence-electron chi connectivity index (χ1n) is 29.3. The Morgan fingerprint density at radius 2 is 1.07 bits per heavy atom. The lowest BCUT2D eigenvalue weighted by atomic mass is 9.86. The zero-order valence-electron chi connectivity index (χ0n) is 49.0. The van der Waals surface area contributed by atoms with E-state index in [0.29, 0.717) is 28.0 Å². The SMILES string of the molecule is CCCCCc1cc(-c2ccccc2)c(Oc2c(OC)c(Oc3cccc4ccccc34)[c]c(OC)c2Oc2c(Sc3ccc(Cl)cc3)c(-c3c(C)ccc(Oc4cccc5ccccc45)c3C)c(-c3cccnc3)c3ccccc23)c2ccccc12. The third-order valence-electron chi connectivity index (χ3n) is 16.0. The van der Waals surface area contributed by atoms with Crippen LogP contribution >= 0.6 is 23.4 Å². The number of unbranched alkanes of at least 4 members (excludes halogenated alkanes) is 2. The van der Waals surface area contributed by atoms with Crippen LogP contribution in [-0.2, 0) is 6.42 Å². The minimum atomic E-state index is 0.208. The van der Waals surface area contributed by atoms with Gasteiger partial charge in [-0.25, -0.2) is 0 Å². The highest BCUT2D eigenvalue weighted by Crippen LogP contribution is 2.60. The average Bonchev–Trinajstić information content (AvgIpc) is 1.16. The van der Waals surface area contributed by atoms with Crippen molar-refractivity contribution in [1.82, 2.24) is 4.98 Å². The van der Waals surface area contributed by atoms with Gasteiger partial charge in [0.1, 0.15) is 28.7 Å². The zero-order valence-corrected chi connectivity index (χ0v) is 50.5. The van der Waals surface area contributed by atoms with Gasteiger partial charge in [0.25, 0.3) is 0 Å². The van der Waals surface area contributed by atoms with Crippen molar-refractivity contribution in [1.29, 1.82) is 0 Å². The molecule has 1 radical (unpaired) electrons. The van der Waals surface area contributed by atoms with E-state index in [9.17, 15) is 0 Å². The molecule has 0 spiro atoms. The van der Waals surface area contributed by atoms with Crippen LogP contribution in [0.2, 0.25) is 5.02 Å². The van der Waals surface area contributed by atoms with E-state index in [1.165, 1.54) is 5.56 Å². The molecule has 0 aliphatic carbocycles. The highest BCUT2D eigenvalue weighted by atomic mass is 35.5. The third kappa shape index (κ3) is 11.1. The largest absolute Gasteiger partial charge is 0.492 e. The van der Waals surface area contributed by atoms with E-state index in [1.807, 2.05) is 103 Å².